The maximum absolute atomic E-state index is 11.9. The molecule has 0 fully saturated rings. The zero-order chi connectivity index (χ0) is 16.5. The maximum atomic E-state index is 11.9. The first-order chi connectivity index (χ1) is 10.3. The Morgan fingerprint density at radius 1 is 1.18 bits per heavy atom. The zero-order valence-electron chi connectivity index (χ0n) is 12.5. The molecule has 1 heterocycles. The van der Waals surface area contributed by atoms with E-state index in [1.54, 1.807) is 6.07 Å². The summed E-state index contributed by atoms with van der Waals surface area (Å²) < 4.78 is 25.9. The molecule has 1 aromatic heterocycles. The largest absolute Gasteiger partial charge is 0.525 e. The van der Waals surface area contributed by atoms with Crippen LogP contribution in [0, 0.1) is 0 Å². The number of hydrogen-bond acceptors (Lipinski definition) is 5. The van der Waals surface area contributed by atoms with Crippen LogP contribution in [0.25, 0.3) is 11.0 Å². The van der Waals surface area contributed by atoms with Crippen LogP contribution in [0.1, 0.15) is 25.0 Å². The highest BCUT2D eigenvalue weighted by Crippen LogP contribution is 2.44. The minimum absolute atomic E-state index is 0.0262. The lowest BCUT2D eigenvalue weighted by Crippen LogP contribution is -2.09. The Bertz CT molecular complexity index is 803. The van der Waals surface area contributed by atoms with E-state index in [4.69, 9.17) is 18.9 Å². The van der Waals surface area contributed by atoms with Crippen LogP contribution in [-0.4, -0.2) is 16.9 Å². The summed E-state index contributed by atoms with van der Waals surface area (Å²) in [5.74, 6) is -0.645. The number of phosphoric ester groups is 1. The third-order valence-electron chi connectivity index (χ3n) is 3.34. The van der Waals surface area contributed by atoms with Crippen molar-refractivity contribution in [3.63, 3.8) is 0 Å². The van der Waals surface area contributed by atoms with Crippen LogP contribution in [0.3, 0.4) is 0 Å². The SMILES string of the molecule is CCc1ccc2oc(=O)c(OP(=O)(O)O)c(OC)c2c1CC. The van der Waals surface area contributed by atoms with Crippen molar-refractivity contribution in [1.82, 2.24) is 0 Å². The summed E-state index contributed by atoms with van der Waals surface area (Å²) >= 11 is 0. The van der Waals surface area contributed by atoms with Gasteiger partial charge in [-0.15, -0.1) is 0 Å². The smallest absolute Gasteiger partial charge is 0.492 e. The lowest BCUT2D eigenvalue weighted by molar-refractivity contribution is 0.271. The van der Waals surface area contributed by atoms with Gasteiger partial charge >= 0.3 is 13.4 Å². The second-order valence-electron chi connectivity index (χ2n) is 4.62. The lowest BCUT2D eigenvalue weighted by Gasteiger charge is -2.15. The zero-order valence-corrected chi connectivity index (χ0v) is 13.3. The first-order valence-corrected chi connectivity index (χ1v) is 8.26. The molecule has 0 saturated carbocycles. The van der Waals surface area contributed by atoms with Crippen LogP contribution in [0.5, 0.6) is 11.5 Å². The van der Waals surface area contributed by atoms with E-state index in [1.807, 2.05) is 19.9 Å². The molecule has 0 radical (unpaired) electrons. The molecule has 22 heavy (non-hydrogen) atoms. The third kappa shape index (κ3) is 3.02. The number of methoxy groups -OCH3 is 1. The molecule has 2 N–H and O–H groups in total. The standard InChI is InChI=1S/C14H17O7P/c1-4-8-6-7-10-11(9(8)5-2)12(19-3)13(14(15)20-10)21-22(16,17)18/h6-7H,4-5H2,1-3H3,(H2,16,17,18). The summed E-state index contributed by atoms with van der Waals surface area (Å²) in [6.45, 7) is 3.92. The molecule has 0 aliphatic carbocycles. The average molecular weight is 328 g/mol. The molecule has 2 aromatic rings. The molecule has 2 rings (SSSR count). The fourth-order valence-electron chi connectivity index (χ4n) is 2.48. The first-order valence-electron chi connectivity index (χ1n) is 6.73. The van der Waals surface area contributed by atoms with Crippen LogP contribution in [0.2, 0.25) is 0 Å². The lowest BCUT2D eigenvalue weighted by atomic mass is 9.98. The molecular weight excluding hydrogens is 311 g/mol. The maximum Gasteiger partial charge on any atom is 0.525 e. The van der Waals surface area contributed by atoms with E-state index < -0.39 is 19.2 Å². The van der Waals surface area contributed by atoms with Gasteiger partial charge in [0.1, 0.15) is 5.58 Å². The van der Waals surface area contributed by atoms with Crippen LogP contribution < -0.4 is 14.9 Å². The van der Waals surface area contributed by atoms with Crippen molar-refractivity contribution in [1.29, 1.82) is 0 Å². The monoisotopic (exact) mass is 328 g/mol. The predicted octanol–water partition coefficient (Wildman–Crippen LogP) is 2.40. The van der Waals surface area contributed by atoms with Gasteiger partial charge in [-0.3, -0.25) is 9.79 Å². The Kier molecular flexibility index (Phi) is 4.60. The second-order valence-corrected chi connectivity index (χ2v) is 5.78. The van der Waals surface area contributed by atoms with Gasteiger partial charge in [0.05, 0.1) is 12.5 Å². The van der Waals surface area contributed by atoms with Gasteiger partial charge in [-0.1, -0.05) is 19.9 Å². The van der Waals surface area contributed by atoms with Crippen LogP contribution in [-0.2, 0) is 17.4 Å². The molecule has 0 atom stereocenters. The summed E-state index contributed by atoms with van der Waals surface area (Å²) in [4.78, 5) is 29.9. The Morgan fingerprint density at radius 3 is 2.36 bits per heavy atom. The Balaban J connectivity index is 2.91. The van der Waals surface area contributed by atoms with Gasteiger partial charge in [-0.2, -0.15) is 0 Å². The highest BCUT2D eigenvalue weighted by atomic mass is 31.2. The molecular formula is C14H17O7P. The quantitative estimate of drug-likeness (QED) is 0.641. The summed E-state index contributed by atoms with van der Waals surface area (Å²) in [6.07, 6.45) is 1.40. The number of hydrogen-bond donors (Lipinski definition) is 2. The van der Waals surface area contributed by atoms with Gasteiger partial charge in [-0.25, -0.2) is 9.36 Å². The van der Waals surface area contributed by atoms with Crippen LogP contribution in [0.4, 0.5) is 0 Å². The summed E-state index contributed by atoms with van der Waals surface area (Å²) in [5.41, 5.74) is 1.20. The molecule has 8 heteroatoms. The van der Waals surface area contributed by atoms with Gasteiger partial charge in [0.2, 0.25) is 0 Å². The second kappa shape index (κ2) is 6.12. The Hall–Kier alpha value is -1.82. The van der Waals surface area contributed by atoms with Crippen LogP contribution in [0.15, 0.2) is 21.3 Å². The molecule has 120 valence electrons. The highest BCUT2D eigenvalue weighted by molar-refractivity contribution is 7.46. The van der Waals surface area contributed by atoms with Gasteiger partial charge in [0.25, 0.3) is 5.75 Å². The third-order valence-corrected chi connectivity index (χ3v) is 3.76. The van der Waals surface area contributed by atoms with E-state index in [-0.39, 0.29) is 11.3 Å². The van der Waals surface area contributed by atoms with E-state index in [1.165, 1.54) is 7.11 Å². The molecule has 0 aliphatic heterocycles. The topological polar surface area (TPSA) is 106 Å². The average Bonchev–Trinajstić information content (AvgIpc) is 2.45. The molecule has 0 bridgehead atoms. The molecule has 0 amide bonds. The normalized spacial score (nSPS) is 11.7. The fourth-order valence-corrected chi connectivity index (χ4v) is 2.88. The highest BCUT2D eigenvalue weighted by Gasteiger charge is 2.26. The van der Waals surface area contributed by atoms with Crippen molar-refractivity contribution in [3.8, 4) is 11.5 Å². The minimum atomic E-state index is -4.92. The number of phosphoric acid groups is 1. The number of fused-ring (bicyclic) bond motifs is 1. The molecule has 0 spiro atoms. The predicted molar refractivity (Wildman–Crippen MR) is 80.5 cm³/mol. The Labute approximate surface area is 126 Å². The number of ether oxygens (including phenoxy) is 1. The van der Waals surface area contributed by atoms with Crippen molar-refractivity contribution in [2.45, 2.75) is 26.7 Å². The van der Waals surface area contributed by atoms with E-state index in [9.17, 15) is 9.36 Å². The molecule has 0 saturated heterocycles. The number of aryl methyl sites for hydroxylation is 2. The molecule has 7 nitrogen and oxygen atoms in total. The van der Waals surface area contributed by atoms with E-state index >= 15 is 0 Å². The van der Waals surface area contributed by atoms with Crippen molar-refractivity contribution in [2.75, 3.05) is 7.11 Å². The number of rotatable bonds is 5. The summed E-state index contributed by atoms with van der Waals surface area (Å²) in [7, 11) is -3.61. The summed E-state index contributed by atoms with van der Waals surface area (Å²) in [5, 5.41) is 0.493. The van der Waals surface area contributed by atoms with Gasteiger partial charge in [-0.05, 0) is 30.0 Å². The minimum Gasteiger partial charge on any atom is -0.492 e. The summed E-state index contributed by atoms with van der Waals surface area (Å²) in [6, 6.07) is 3.49. The van der Waals surface area contributed by atoms with Crippen molar-refractivity contribution < 1.29 is 28.0 Å². The van der Waals surface area contributed by atoms with Gasteiger partial charge < -0.3 is 13.7 Å². The van der Waals surface area contributed by atoms with Crippen molar-refractivity contribution >= 4 is 18.8 Å². The van der Waals surface area contributed by atoms with Crippen molar-refractivity contribution in [3.05, 3.63) is 33.7 Å². The van der Waals surface area contributed by atoms with Gasteiger partial charge in [0.15, 0.2) is 5.75 Å². The molecule has 1 aromatic carbocycles. The number of benzene rings is 1. The van der Waals surface area contributed by atoms with E-state index in [2.05, 4.69) is 4.52 Å². The van der Waals surface area contributed by atoms with Crippen LogP contribution >= 0.6 is 7.82 Å². The fraction of sp³-hybridized carbons (Fsp3) is 0.357. The molecule has 0 unspecified atom stereocenters. The van der Waals surface area contributed by atoms with Crippen molar-refractivity contribution in [2.24, 2.45) is 0 Å². The van der Waals surface area contributed by atoms with E-state index in [0.717, 1.165) is 17.5 Å². The first kappa shape index (κ1) is 16.5. The Morgan fingerprint density at radius 2 is 1.86 bits per heavy atom. The van der Waals surface area contributed by atoms with E-state index in [0.29, 0.717) is 11.8 Å². The van der Waals surface area contributed by atoms with Gasteiger partial charge in [0, 0.05) is 0 Å². The molecule has 0 aliphatic rings.